The zero-order chi connectivity index (χ0) is 16.4. The Kier molecular flexibility index (Phi) is 4.95. The Morgan fingerprint density at radius 1 is 1.00 bits per heavy atom. The Morgan fingerprint density at radius 2 is 1.70 bits per heavy atom. The summed E-state index contributed by atoms with van der Waals surface area (Å²) < 4.78 is 5.74. The quantitative estimate of drug-likeness (QED) is 0.782. The molecule has 1 saturated carbocycles. The van der Waals surface area contributed by atoms with Crippen LogP contribution in [0.5, 0.6) is 0 Å². The van der Waals surface area contributed by atoms with Gasteiger partial charge in [0.05, 0.1) is 6.10 Å². The van der Waals surface area contributed by atoms with E-state index in [1.54, 1.807) is 6.92 Å². The SMILES string of the molecule is CO[C@@H]1CCC[C@@]12CCCN(C(=O)C1CCN(C(C)=O)CC1)C2. The molecule has 23 heavy (non-hydrogen) atoms. The maximum absolute atomic E-state index is 12.9. The smallest absolute Gasteiger partial charge is 0.225 e. The van der Waals surface area contributed by atoms with E-state index in [-0.39, 0.29) is 17.2 Å². The van der Waals surface area contributed by atoms with Gasteiger partial charge in [-0.1, -0.05) is 6.42 Å². The van der Waals surface area contributed by atoms with Crippen molar-refractivity contribution in [3.63, 3.8) is 0 Å². The molecular weight excluding hydrogens is 292 g/mol. The number of hydrogen-bond donors (Lipinski definition) is 0. The van der Waals surface area contributed by atoms with Gasteiger partial charge in [0, 0.05) is 51.5 Å². The molecule has 1 spiro atoms. The van der Waals surface area contributed by atoms with E-state index in [1.807, 2.05) is 12.0 Å². The van der Waals surface area contributed by atoms with Gasteiger partial charge in [0.2, 0.25) is 11.8 Å². The highest BCUT2D eigenvalue weighted by molar-refractivity contribution is 5.80. The van der Waals surface area contributed by atoms with Gasteiger partial charge in [-0.25, -0.2) is 0 Å². The summed E-state index contributed by atoms with van der Waals surface area (Å²) in [5.74, 6) is 0.541. The average molecular weight is 322 g/mol. The lowest BCUT2D eigenvalue weighted by atomic mass is 9.76. The summed E-state index contributed by atoms with van der Waals surface area (Å²) in [6.07, 6.45) is 7.78. The lowest BCUT2D eigenvalue weighted by Crippen LogP contribution is -2.52. The summed E-state index contributed by atoms with van der Waals surface area (Å²) in [5.41, 5.74) is 0.197. The number of carbonyl (C=O) groups excluding carboxylic acids is 2. The predicted octanol–water partition coefficient (Wildman–Crippen LogP) is 2.05. The molecule has 3 rings (SSSR count). The average Bonchev–Trinajstić information content (AvgIpc) is 2.96. The first-order chi connectivity index (χ1) is 11.1. The third-order valence-electron chi connectivity index (χ3n) is 6.32. The van der Waals surface area contributed by atoms with Gasteiger partial charge in [-0.15, -0.1) is 0 Å². The van der Waals surface area contributed by atoms with Crippen molar-refractivity contribution in [2.45, 2.75) is 58.0 Å². The molecule has 2 atom stereocenters. The fourth-order valence-electron chi connectivity index (χ4n) is 4.99. The van der Waals surface area contributed by atoms with E-state index in [0.29, 0.717) is 12.0 Å². The van der Waals surface area contributed by atoms with Crippen molar-refractivity contribution in [1.82, 2.24) is 9.80 Å². The van der Waals surface area contributed by atoms with Gasteiger partial charge in [0.15, 0.2) is 0 Å². The number of carbonyl (C=O) groups is 2. The number of ether oxygens (including phenoxy) is 1. The first-order valence-corrected chi connectivity index (χ1v) is 9.13. The minimum absolute atomic E-state index is 0.100. The third-order valence-corrected chi connectivity index (χ3v) is 6.32. The fraction of sp³-hybridized carbons (Fsp3) is 0.889. The summed E-state index contributed by atoms with van der Waals surface area (Å²) in [5, 5.41) is 0. The molecule has 0 radical (unpaired) electrons. The molecule has 2 amide bonds. The number of hydrogen-bond acceptors (Lipinski definition) is 3. The third kappa shape index (κ3) is 3.25. The molecule has 2 heterocycles. The Hall–Kier alpha value is -1.10. The van der Waals surface area contributed by atoms with Crippen molar-refractivity contribution in [2.75, 3.05) is 33.3 Å². The van der Waals surface area contributed by atoms with Crippen molar-refractivity contribution in [2.24, 2.45) is 11.3 Å². The number of likely N-dealkylation sites (tertiary alicyclic amines) is 2. The van der Waals surface area contributed by atoms with Crippen LogP contribution in [0, 0.1) is 11.3 Å². The number of nitrogens with zero attached hydrogens (tertiary/aromatic N) is 2. The second-order valence-electron chi connectivity index (χ2n) is 7.62. The van der Waals surface area contributed by atoms with E-state index in [9.17, 15) is 9.59 Å². The minimum Gasteiger partial charge on any atom is -0.381 e. The predicted molar refractivity (Wildman–Crippen MR) is 87.9 cm³/mol. The second kappa shape index (κ2) is 6.80. The van der Waals surface area contributed by atoms with E-state index < -0.39 is 0 Å². The van der Waals surface area contributed by atoms with Crippen molar-refractivity contribution in [1.29, 1.82) is 0 Å². The first kappa shape index (κ1) is 16.7. The molecule has 130 valence electrons. The normalized spacial score (nSPS) is 32.5. The second-order valence-corrected chi connectivity index (χ2v) is 7.62. The minimum atomic E-state index is 0.100. The van der Waals surface area contributed by atoms with Crippen LogP contribution in [0.15, 0.2) is 0 Å². The fourth-order valence-corrected chi connectivity index (χ4v) is 4.99. The highest BCUT2D eigenvalue weighted by atomic mass is 16.5. The lowest BCUT2D eigenvalue weighted by Gasteiger charge is -2.45. The van der Waals surface area contributed by atoms with Crippen molar-refractivity contribution < 1.29 is 14.3 Å². The molecule has 0 aromatic heterocycles. The molecule has 0 unspecified atom stereocenters. The molecule has 0 bridgehead atoms. The van der Waals surface area contributed by atoms with E-state index in [1.165, 1.54) is 19.3 Å². The van der Waals surface area contributed by atoms with Gasteiger partial charge in [-0.3, -0.25) is 9.59 Å². The molecule has 1 aliphatic carbocycles. The lowest BCUT2D eigenvalue weighted by molar-refractivity contribution is -0.145. The zero-order valence-corrected chi connectivity index (χ0v) is 14.6. The van der Waals surface area contributed by atoms with Crippen LogP contribution in [0.25, 0.3) is 0 Å². The van der Waals surface area contributed by atoms with Crippen molar-refractivity contribution >= 4 is 11.8 Å². The molecular formula is C18H30N2O3. The standard InChI is InChI=1S/C18H30N2O3/c1-14(21)19-11-6-15(7-12-19)17(22)20-10-4-9-18(13-20)8-3-5-16(18)23-2/h15-16H,3-13H2,1-2H3/t16-,18+/m1/s1. The largest absolute Gasteiger partial charge is 0.381 e. The van der Waals surface area contributed by atoms with Gasteiger partial charge >= 0.3 is 0 Å². The van der Waals surface area contributed by atoms with Crippen LogP contribution in [0.4, 0.5) is 0 Å². The molecule has 2 saturated heterocycles. The molecule has 5 nitrogen and oxygen atoms in total. The Labute approximate surface area is 139 Å². The Balaban J connectivity index is 1.61. The summed E-state index contributed by atoms with van der Waals surface area (Å²) >= 11 is 0. The van der Waals surface area contributed by atoms with Crippen LogP contribution in [0.2, 0.25) is 0 Å². The van der Waals surface area contributed by atoms with Gasteiger partial charge in [-0.05, 0) is 38.5 Å². The van der Waals surface area contributed by atoms with Crippen LogP contribution >= 0.6 is 0 Å². The molecule has 3 aliphatic rings. The van der Waals surface area contributed by atoms with Crippen LogP contribution in [-0.2, 0) is 14.3 Å². The van der Waals surface area contributed by atoms with Gasteiger partial charge in [-0.2, -0.15) is 0 Å². The number of amides is 2. The van der Waals surface area contributed by atoms with Gasteiger partial charge in [0.1, 0.15) is 0 Å². The van der Waals surface area contributed by atoms with Crippen molar-refractivity contribution in [3.05, 3.63) is 0 Å². The summed E-state index contributed by atoms with van der Waals surface area (Å²) in [4.78, 5) is 28.3. The summed E-state index contributed by atoms with van der Waals surface area (Å²) in [6, 6.07) is 0. The molecule has 0 aromatic carbocycles. The molecule has 0 aromatic rings. The number of rotatable bonds is 2. The maximum atomic E-state index is 12.9. The highest BCUT2D eigenvalue weighted by Crippen LogP contribution is 2.46. The Morgan fingerprint density at radius 3 is 2.35 bits per heavy atom. The van der Waals surface area contributed by atoms with E-state index in [0.717, 1.165) is 51.9 Å². The van der Waals surface area contributed by atoms with Crippen LogP contribution in [0.3, 0.4) is 0 Å². The monoisotopic (exact) mass is 322 g/mol. The highest BCUT2D eigenvalue weighted by Gasteiger charge is 2.47. The Bertz CT molecular complexity index is 459. The summed E-state index contributed by atoms with van der Waals surface area (Å²) in [6.45, 7) is 4.83. The van der Waals surface area contributed by atoms with Crippen LogP contribution in [-0.4, -0.2) is 61.0 Å². The van der Waals surface area contributed by atoms with E-state index in [4.69, 9.17) is 4.74 Å². The number of methoxy groups -OCH3 is 1. The zero-order valence-electron chi connectivity index (χ0n) is 14.6. The summed E-state index contributed by atoms with van der Waals surface area (Å²) in [7, 11) is 1.82. The van der Waals surface area contributed by atoms with Gasteiger partial charge < -0.3 is 14.5 Å². The first-order valence-electron chi connectivity index (χ1n) is 9.13. The number of piperidine rings is 2. The van der Waals surface area contributed by atoms with E-state index in [2.05, 4.69) is 4.90 Å². The maximum Gasteiger partial charge on any atom is 0.225 e. The van der Waals surface area contributed by atoms with E-state index >= 15 is 0 Å². The van der Waals surface area contributed by atoms with Gasteiger partial charge in [0.25, 0.3) is 0 Å². The van der Waals surface area contributed by atoms with Crippen molar-refractivity contribution in [3.8, 4) is 0 Å². The molecule has 2 aliphatic heterocycles. The van der Waals surface area contributed by atoms with Crippen LogP contribution in [0.1, 0.15) is 51.9 Å². The molecule has 5 heteroatoms. The topological polar surface area (TPSA) is 49.9 Å². The van der Waals surface area contributed by atoms with Crippen LogP contribution < -0.4 is 0 Å². The molecule has 0 N–H and O–H groups in total. The molecule has 3 fully saturated rings.